The number of piperidine rings is 1. The summed E-state index contributed by atoms with van der Waals surface area (Å²) < 4.78 is 32.6. The van der Waals surface area contributed by atoms with E-state index in [0.29, 0.717) is 36.7 Å². The Labute approximate surface area is 251 Å². The third-order valence-electron chi connectivity index (χ3n) is 6.23. The molecule has 1 fully saturated rings. The van der Waals surface area contributed by atoms with E-state index in [0.717, 1.165) is 18.4 Å². The standard InChI is InChI=1S/C28H50N6O5S2/c1-19(2)16-34(21-14-20(32-41(10,37)38)17-33(18-21)26(36)39-28(6,7)8)24(35)22-15-30-25(27(3,4)5)31-23(22)29-12-11-13-40-9/h15,19-21,32H,11-14,16-18H2,1-10H3,(H,29,30,31)/t20-,21+/m1/s1. The number of anilines is 1. The Kier molecular flexibility index (Phi) is 12.3. The fourth-order valence-electron chi connectivity index (χ4n) is 4.57. The third-order valence-corrected chi connectivity index (χ3v) is 7.69. The lowest BCUT2D eigenvalue weighted by atomic mass is 9.95. The summed E-state index contributed by atoms with van der Waals surface area (Å²) in [7, 11) is -3.56. The molecule has 11 nitrogen and oxygen atoms in total. The van der Waals surface area contributed by atoms with E-state index >= 15 is 0 Å². The number of carbonyl (C=O) groups excluding carboxylic acids is 2. The first-order valence-corrected chi connectivity index (χ1v) is 17.5. The zero-order valence-corrected chi connectivity index (χ0v) is 28.0. The average Bonchev–Trinajstić information content (AvgIpc) is 2.81. The van der Waals surface area contributed by atoms with E-state index in [2.05, 4.69) is 21.3 Å². The third kappa shape index (κ3) is 11.6. The molecule has 1 aliphatic rings. The van der Waals surface area contributed by atoms with Crippen LogP contribution in [0, 0.1) is 5.92 Å². The van der Waals surface area contributed by atoms with Gasteiger partial charge < -0.3 is 19.9 Å². The average molecular weight is 615 g/mol. The Morgan fingerprint density at radius 3 is 2.39 bits per heavy atom. The maximum atomic E-state index is 14.3. The van der Waals surface area contributed by atoms with Gasteiger partial charge in [0, 0.05) is 43.8 Å². The highest BCUT2D eigenvalue weighted by Gasteiger charge is 2.39. The van der Waals surface area contributed by atoms with Crippen LogP contribution in [0.1, 0.15) is 84.4 Å². The van der Waals surface area contributed by atoms with E-state index in [1.807, 2.05) is 34.6 Å². The van der Waals surface area contributed by atoms with Crippen molar-refractivity contribution in [1.82, 2.24) is 24.5 Å². The van der Waals surface area contributed by atoms with Gasteiger partial charge in [-0.2, -0.15) is 11.8 Å². The smallest absolute Gasteiger partial charge is 0.410 e. The Balaban J connectivity index is 2.51. The van der Waals surface area contributed by atoms with Gasteiger partial charge in [-0.15, -0.1) is 0 Å². The van der Waals surface area contributed by atoms with Gasteiger partial charge in [0.25, 0.3) is 5.91 Å². The van der Waals surface area contributed by atoms with Gasteiger partial charge in [-0.3, -0.25) is 4.79 Å². The summed E-state index contributed by atoms with van der Waals surface area (Å²) in [5.74, 6) is 1.94. The van der Waals surface area contributed by atoms with Gasteiger partial charge in [0.15, 0.2) is 0 Å². The normalized spacial score (nSPS) is 18.4. The maximum Gasteiger partial charge on any atom is 0.410 e. The molecule has 0 saturated carbocycles. The number of nitrogens with one attached hydrogen (secondary N) is 2. The molecule has 1 aromatic heterocycles. The lowest BCUT2D eigenvalue weighted by Gasteiger charge is -2.43. The van der Waals surface area contributed by atoms with Gasteiger partial charge in [-0.25, -0.2) is 27.9 Å². The summed E-state index contributed by atoms with van der Waals surface area (Å²) in [5.41, 5.74) is -0.679. The quantitative estimate of drug-likeness (QED) is 0.355. The van der Waals surface area contributed by atoms with Crippen LogP contribution in [0.4, 0.5) is 10.6 Å². The van der Waals surface area contributed by atoms with E-state index in [1.165, 1.54) is 4.90 Å². The van der Waals surface area contributed by atoms with E-state index in [-0.39, 0.29) is 30.3 Å². The van der Waals surface area contributed by atoms with Gasteiger partial charge in [0.2, 0.25) is 10.0 Å². The van der Waals surface area contributed by atoms with Gasteiger partial charge in [-0.1, -0.05) is 34.6 Å². The van der Waals surface area contributed by atoms with Crippen molar-refractivity contribution >= 4 is 39.6 Å². The fraction of sp³-hybridized carbons (Fsp3) is 0.786. The number of carbonyl (C=O) groups is 2. The van der Waals surface area contributed by atoms with Gasteiger partial charge >= 0.3 is 6.09 Å². The summed E-state index contributed by atoms with van der Waals surface area (Å²) in [6.45, 7) is 16.9. The molecule has 0 aromatic carbocycles. The van der Waals surface area contributed by atoms with Crippen molar-refractivity contribution in [2.75, 3.05) is 49.8 Å². The number of thioether (sulfide) groups is 1. The summed E-state index contributed by atoms with van der Waals surface area (Å²) in [6, 6.07) is -1.04. The Hall–Kier alpha value is -2.12. The van der Waals surface area contributed by atoms with E-state index < -0.39 is 33.8 Å². The summed E-state index contributed by atoms with van der Waals surface area (Å²) >= 11 is 1.76. The molecule has 1 aromatic rings. The van der Waals surface area contributed by atoms with Crippen molar-refractivity contribution in [3.05, 3.63) is 17.6 Å². The van der Waals surface area contributed by atoms with Crippen LogP contribution >= 0.6 is 11.8 Å². The van der Waals surface area contributed by atoms with Gasteiger partial charge in [0.1, 0.15) is 22.8 Å². The topological polar surface area (TPSA) is 134 Å². The molecule has 1 saturated heterocycles. The number of rotatable bonds is 11. The van der Waals surface area contributed by atoms with Crippen molar-refractivity contribution in [1.29, 1.82) is 0 Å². The van der Waals surface area contributed by atoms with Crippen LogP contribution in [0.2, 0.25) is 0 Å². The molecule has 0 bridgehead atoms. The number of likely N-dealkylation sites (tertiary alicyclic amines) is 1. The van der Waals surface area contributed by atoms with Crippen LogP contribution in [0.25, 0.3) is 0 Å². The zero-order chi connectivity index (χ0) is 31.2. The first-order valence-electron chi connectivity index (χ1n) is 14.2. The van der Waals surface area contributed by atoms with Crippen LogP contribution in [0.5, 0.6) is 0 Å². The molecule has 2 heterocycles. The first-order chi connectivity index (χ1) is 18.8. The molecule has 0 unspecified atom stereocenters. The van der Waals surface area contributed by atoms with E-state index in [4.69, 9.17) is 9.72 Å². The molecule has 2 rings (SSSR count). The molecule has 0 radical (unpaired) electrons. The number of amides is 2. The Bertz CT molecular complexity index is 1150. The van der Waals surface area contributed by atoms with Crippen molar-refractivity contribution in [2.45, 2.75) is 91.3 Å². The molecule has 13 heteroatoms. The number of hydrogen-bond donors (Lipinski definition) is 2. The summed E-state index contributed by atoms with van der Waals surface area (Å²) in [5, 5.41) is 3.36. The predicted molar refractivity (Wildman–Crippen MR) is 166 cm³/mol. The zero-order valence-electron chi connectivity index (χ0n) is 26.4. The van der Waals surface area contributed by atoms with Crippen LogP contribution in [0.15, 0.2) is 6.20 Å². The summed E-state index contributed by atoms with van der Waals surface area (Å²) in [6.07, 6.45) is 5.44. The van der Waals surface area contributed by atoms with Crippen molar-refractivity contribution in [2.24, 2.45) is 5.92 Å². The molecule has 1 aliphatic heterocycles. The predicted octanol–water partition coefficient (Wildman–Crippen LogP) is 3.96. The minimum absolute atomic E-state index is 0.116. The van der Waals surface area contributed by atoms with Crippen molar-refractivity contribution in [3.63, 3.8) is 0 Å². The highest BCUT2D eigenvalue weighted by molar-refractivity contribution is 7.98. The van der Waals surface area contributed by atoms with Gasteiger partial charge in [-0.05, 0) is 51.5 Å². The van der Waals surface area contributed by atoms with Crippen LogP contribution in [-0.4, -0.2) is 102 Å². The second kappa shape index (κ2) is 14.4. The molecule has 41 heavy (non-hydrogen) atoms. The highest BCUT2D eigenvalue weighted by atomic mass is 32.2. The summed E-state index contributed by atoms with van der Waals surface area (Å²) in [4.78, 5) is 39.9. The highest BCUT2D eigenvalue weighted by Crippen LogP contribution is 2.26. The molecule has 234 valence electrons. The molecule has 2 amide bonds. The minimum atomic E-state index is -3.56. The molecular weight excluding hydrogens is 564 g/mol. The number of aromatic nitrogens is 2. The number of hydrogen-bond acceptors (Lipinski definition) is 9. The lowest BCUT2D eigenvalue weighted by Crippen LogP contribution is -2.60. The second-order valence-electron chi connectivity index (χ2n) is 13.2. The second-order valence-corrected chi connectivity index (χ2v) is 16.0. The maximum absolute atomic E-state index is 14.3. The Morgan fingerprint density at radius 2 is 1.85 bits per heavy atom. The van der Waals surface area contributed by atoms with Crippen molar-refractivity contribution in [3.8, 4) is 0 Å². The molecule has 2 atom stereocenters. The number of nitrogens with zero attached hydrogens (tertiary/aromatic N) is 4. The molecular formula is C28H50N6O5S2. The fourth-order valence-corrected chi connectivity index (χ4v) is 5.77. The number of sulfonamides is 1. The van der Waals surface area contributed by atoms with E-state index in [9.17, 15) is 18.0 Å². The van der Waals surface area contributed by atoms with Crippen LogP contribution in [-0.2, 0) is 20.2 Å². The van der Waals surface area contributed by atoms with E-state index in [1.54, 1.807) is 43.6 Å². The molecule has 0 spiro atoms. The van der Waals surface area contributed by atoms with Crippen LogP contribution in [0.3, 0.4) is 0 Å². The monoisotopic (exact) mass is 614 g/mol. The van der Waals surface area contributed by atoms with Gasteiger partial charge in [0.05, 0.1) is 12.3 Å². The molecule has 0 aliphatic carbocycles. The number of ether oxygens (including phenoxy) is 1. The van der Waals surface area contributed by atoms with Crippen LogP contribution < -0.4 is 10.0 Å². The molecule has 2 N–H and O–H groups in total. The first kappa shape index (κ1) is 35.1. The van der Waals surface area contributed by atoms with Crippen molar-refractivity contribution < 1.29 is 22.7 Å². The largest absolute Gasteiger partial charge is 0.444 e. The Morgan fingerprint density at radius 1 is 1.20 bits per heavy atom. The lowest BCUT2D eigenvalue weighted by molar-refractivity contribution is 0.00599. The SMILES string of the molecule is CSCCCNc1nc(C(C)(C)C)ncc1C(=O)N(CC(C)C)[C@H]1C[C@@H](NS(C)(=O)=O)CN(C(=O)OC(C)(C)C)C1. The minimum Gasteiger partial charge on any atom is -0.444 e.